The molecule has 140 valence electrons. The van der Waals surface area contributed by atoms with Crippen LogP contribution in [0.15, 0.2) is 35.8 Å². The number of carbonyl (C=O) groups excluding carboxylic acids is 1. The molecule has 1 amide bonds. The lowest BCUT2D eigenvalue weighted by Crippen LogP contribution is -2.96. The van der Waals surface area contributed by atoms with Gasteiger partial charge in [-0.25, -0.2) is 4.98 Å². The van der Waals surface area contributed by atoms with E-state index in [-0.39, 0.29) is 11.6 Å². The summed E-state index contributed by atoms with van der Waals surface area (Å²) < 4.78 is 0. The highest BCUT2D eigenvalue weighted by atomic mass is 32.1. The second kappa shape index (κ2) is 8.26. The molecule has 0 bridgehead atoms. The molecule has 1 saturated carbocycles. The standard InChI is InChI=1S/C19H24N3O3S/c1-19(13-14-5-3-2-4-6-14,17(23)21-18-20-11-12-26-18)15-7-9-16(10-8-15)22(24)25/h7-12,14,22H,2-6,13H2,1H3,(H,20,21,23)/q-1/t19-/m0/s1. The molecule has 0 aliphatic heterocycles. The van der Waals surface area contributed by atoms with Gasteiger partial charge in [0.2, 0.25) is 5.91 Å². The fraction of sp³-hybridized carbons (Fsp3) is 0.474. The van der Waals surface area contributed by atoms with Gasteiger partial charge in [-0.05, 0) is 37.0 Å². The highest BCUT2D eigenvalue weighted by Gasteiger charge is 2.38. The third-order valence-electron chi connectivity index (χ3n) is 5.33. The van der Waals surface area contributed by atoms with Crippen molar-refractivity contribution in [1.82, 2.24) is 4.98 Å². The molecule has 7 heteroatoms. The summed E-state index contributed by atoms with van der Waals surface area (Å²) in [5.74, 6) is 0.399. The molecule has 1 atom stereocenters. The molecular formula is C19H24N3O3S-. The summed E-state index contributed by atoms with van der Waals surface area (Å²) in [4.78, 5) is 17.3. The molecule has 2 N–H and O–H groups in total. The highest BCUT2D eigenvalue weighted by Crippen LogP contribution is 2.38. The Hall–Kier alpha value is -1.80. The second-order valence-electron chi connectivity index (χ2n) is 7.20. The first-order valence-electron chi connectivity index (χ1n) is 9.02. The van der Waals surface area contributed by atoms with Gasteiger partial charge < -0.3 is 21.0 Å². The number of hydrogen-bond acceptors (Lipinski definition) is 5. The van der Waals surface area contributed by atoms with Gasteiger partial charge in [-0.1, -0.05) is 44.2 Å². The Balaban J connectivity index is 1.87. The van der Waals surface area contributed by atoms with E-state index < -0.39 is 10.6 Å². The van der Waals surface area contributed by atoms with Gasteiger partial charge >= 0.3 is 0 Å². The number of nitrogens with one attached hydrogen (secondary N) is 2. The zero-order valence-corrected chi connectivity index (χ0v) is 15.7. The first-order chi connectivity index (χ1) is 12.5. The molecule has 1 aliphatic carbocycles. The van der Waals surface area contributed by atoms with E-state index in [2.05, 4.69) is 10.3 Å². The predicted octanol–water partition coefficient (Wildman–Crippen LogP) is 3.52. The number of nitrogens with zero attached hydrogens (tertiary/aromatic N) is 1. The lowest BCUT2D eigenvalue weighted by molar-refractivity contribution is -0.715. The molecule has 1 fully saturated rings. The number of amides is 1. The van der Waals surface area contributed by atoms with Crippen molar-refractivity contribution in [2.45, 2.75) is 50.9 Å². The summed E-state index contributed by atoms with van der Waals surface area (Å²) in [6.45, 7) is 1.94. The smallest absolute Gasteiger partial charge is 0.236 e. The largest absolute Gasteiger partial charge is 0.628 e. The summed E-state index contributed by atoms with van der Waals surface area (Å²) in [7, 11) is 0. The number of carbonyl (C=O) groups is 1. The van der Waals surface area contributed by atoms with E-state index in [1.54, 1.807) is 18.3 Å². The maximum absolute atomic E-state index is 13.2. The third kappa shape index (κ3) is 4.29. The van der Waals surface area contributed by atoms with Crippen LogP contribution < -0.4 is 10.5 Å². The van der Waals surface area contributed by atoms with Gasteiger partial charge in [-0.15, -0.1) is 11.3 Å². The van der Waals surface area contributed by atoms with Crippen molar-refractivity contribution in [3.63, 3.8) is 0 Å². The van der Waals surface area contributed by atoms with E-state index in [0.717, 1.165) is 24.8 Å². The Kier molecular flexibility index (Phi) is 6.03. The quantitative estimate of drug-likeness (QED) is 0.757. The number of anilines is 1. The maximum atomic E-state index is 13.2. The average molecular weight is 374 g/mol. The van der Waals surface area contributed by atoms with E-state index in [1.807, 2.05) is 12.3 Å². The number of aromatic nitrogens is 1. The minimum absolute atomic E-state index is 0.0979. The minimum atomic E-state index is -1.21. The van der Waals surface area contributed by atoms with Crippen molar-refractivity contribution in [1.29, 1.82) is 0 Å². The average Bonchev–Trinajstić information content (AvgIpc) is 3.15. The van der Waals surface area contributed by atoms with E-state index in [0.29, 0.717) is 11.0 Å². The molecule has 1 aliphatic rings. The number of rotatable bonds is 6. The minimum Gasteiger partial charge on any atom is -0.628 e. The Labute approximate surface area is 157 Å². The van der Waals surface area contributed by atoms with Crippen LogP contribution in [-0.2, 0) is 10.2 Å². The Morgan fingerprint density at radius 1 is 1.27 bits per heavy atom. The van der Waals surface area contributed by atoms with Crippen molar-refractivity contribution in [3.8, 4) is 0 Å². The zero-order chi connectivity index (χ0) is 18.6. The van der Waals surface area contributed by atoms with Crippen molar-refractivity contribution in [3.05, 3.63) is 51.8 Å². The molecule has 1 aromatic heterocycles. The Morgan fingerprint density at radius 2 is 1.96 bits per heavy atom. The number of quaternary nitrogens is 1. The second-order valence-corrected chi connectivity index (χ2v) is 8.09. The molecule has 26 heavy (non-hydrogen) atoms. The molecular weight excluding hydrogens is 350 g/mol. The molecule has 1 aromatic carbocycles. The lowest BCUT2D eigenvalue weighted by atomic mass is 9.71. The van der Waals surface area contributed by atoms with Crippen LogP contribution in [0.5, 0.6) is 0 Å². The summed E-state index contributed by atoms with van der Waals surface area (Å²) >= 11 is 1.39. The summed E-state index contributed by atoms with van der Waals surface area (Å²) in [5.41, 5.74) is 0.203. The number of benzene rings is 1. The summed E-state index contributed by atoms with van der Waals surface area (Å²) in [6.07, 6.45) is 8.35. The Bertz CT molecular complexity index is 712. The predicted molar refractivity (Wildman–Crippen MR) is 103 cm³/mol. The molecule has 0 saturated heterocycles. The first-order valence-corrected chi connectivity index (χ1v) is 9.90. The van der Waals surface area contributed by atoms with Crippen LogP contribution in [0, 0.1) is 16.3 Å². The van der Waals surface area contributed by atoms with Crippen LogP contribution in [0.25, 0.3) is 0 Å². The van der Waals surface area contributed by atoms with Crippen LogP contribution in [0.2, 0.25) is 0 Å². The maximum Gasteiger partial charge on any atom is 0.236 e. The van der Waals surface area contributed by atoms with Crippen LogP contribution in [-0.4, -0.2) is 10.9 Å². The molecule has 2 aromatic rings. The van der Waals surface area contributed by atoms with E-state index in [4.69, 9.17) is 0 Å². The van der Waals surface area contributed by atoms with E-state index >= 15 is 0 Å². The molecule has 0 radical (unpaired) electrons. The highest BCUT2D eigenvalue weighted by molar-refractivity contribution is 7.13. The van der Waals surface area contributed by atoms with Gasteiger partial charge in [0.15, 0.2) is 5.13 Å². The Morgan fingerprint density at radius 3 is 2.54 bits per heavy atom. The topological polar surface area (TPSA) is 92.5 Å². The SMILES string of the molecule is C[C@@](CC1CCCCC1)(C(=O)Nc1nccs1)c1ccc([NH+]([O-])[O-])cc1. The van der Waals surface area contributed by atoms with Crippen LogP contribution >= 0.6 is 11.3 Å². The fourth-order valence-corrected chi connectivity index (χ4v) is 4.33. The van der Waals surface area contributed by atoms with Crippen molar-refractivity contribution in [2.75, 3.05) is 5.32 Å². The van der Waals surface area contributed by atoms with Gasteiger partial charge in [0.05, 0.1) is 5.41 Å². The number of thiazole rings is 1. The van der Waals surface area contributed by atoms with Crippen molar-refractivity contribution >= 4 is 28.1 Å². The van der Waals surface area contributed by atoms with Crippen LogP contribution in [0.3, 0.4) is 0 Å². The van der Waals surface area contributed by atoms with Crippen molar-refractivity contribution in [2.24, 2.45) is 5.92 Å². The van der Waals surface area contributed by atoms with Gasteiger partial charge in [-0.2, -0.15) is 0 Å². The normalized spacial score (nSPS) is 17.8. The van der Waals surface area contributed by atoms with E-state index in [1.165, 1.54) is 42.7 Å². The molecule has 0 spiro atoms. The lowest BCUT2D eigenvalue weighted by Gasteiger charge is -2.34. The summed E-state index contributed by atoms with van der Waals surface area (Å²) in [5, 5.41) is 26.2. The molecule has 1 heterocycles. The fourth-order valence-electron chi connectivity index (χ4n) is 3.80. The monoisotopic (exact) mass is 374 g/mol. The zero-order valence-electron chi connectivity index (χ0n) is 14.9. The molecule has 3 rings (SSSR count). The molecule has 6 nitrogen and oxygen atoms in total. The van der Waals surface area contributed by atoms with Crippen molar-refractivity contribution < 1.29 is 10.0 Å². The third-order valence-corrected chi connectivity index (χ3v) is 6.02. The van der Waals surface area contributed by atoms with Crippen LogP contribution in [0.1, 0.15) is 51.0 Å². The van der Waals surface area contributed by atoms with Gasteiger partial charge in [0, 0.05) is 11.6 Å². The van der Waals surface area contributed by atoms with E-state index in [9.17, 15) is 15.2 Å². The molecule has 0 unspecified atom stereocenters. The van der Waals surface area contributed by atoms with Gasteiger partial charge in [0.1, 0.15) is 5.69 Å². The van der Waals surface area contributed by atoms with Gasteiger partial charge in [0.25, 0.3) is 0 Å². The first kappa shape index (κ1) is 19.0. The van der Waals surface area contributed by atoms with Crippen LogP contribution in [0.4, 0.5) is 10.8 Å². The summed E-state index contributed by atoms with van der Waals surface area (Å²) in [6, 6.07) is 6.49. The number of hydrogen-bond donors (Lipinski definition) is 2. The van der Waals surface area contributed by atoms with Gasteiger partial charge in [-0.3, -0.25) is 4.79 Å².